The third-order valence-electron chi connectivity index (χ3n) is 5.79. The maximum Gasteiger partial charge on any atom is 0.238 e. The van der Waals surface area contributed by atoms with Gasteiger partial charge < -0.3 is 14.8 Å². The average molecular weight is 315 g/mol. The molecule has 3 aliphatic rings. The van der Waals surface area contributed by atoms with Gasteiger partial charge in [-0.2, -0.15) is 0 Å². The van der Waals surface area contributed by atoms with Crippen molar-refractivity contribution in [2.45, 2.75) is 33.1 Å². The summed E-state index contributed by atoms with van der Waals surface area (Å²) in [6.45, 7) is 4.98. The molecule has 0 spiro atoms. The van der Waals surface area contributed by atoms with E-state index in [1.54, 1.807) is 18.2 Å². The van der Waals surface area contributed by atoms with Crippen molar-refractivity contribution in [3.05, 3.63) is 18.2 Å². The van der Waals surface area contributed by atoms with E-state index in [-0.39, 0.29) is 17.1 Å². The number of fused-ring (bicyclic) bond motifs is 3. The molecule has 5 heteroatoms. The minimum absolute atomic E-state index is 0.0938. The molecule has 2 atom stereocenters. The van der Waals surface area contributed by atoms with E-state index in [0.717, 1.165) is 6.42 Å². The van der Waals surface area contributed by atoms with Crippen molar-refractivity contribution in [1.82, 2.24) is 0 Å². The highest BCUT2D eigenvalue weighted by Gasteiger charge is 2.65. The Morgan fingerprint density at radius 1 is 1.22 bits per heavy atom. The number of carbonyl (C=O) groups excluding carboxylic acids is 2. The number of hydrogen-bond acceptors (Lipinski definition) is 4. The molecule has 0 saturated heterocycles. The molecular weight excluding hydrogens is 294 g/mol. The van der Waals surface area contributed by atoms with E-state index in [2.05, 4.69) is 5.32 Å². The SMILES string of the molecule is CC1(C)C(=O)C2(C(=O)Nc3ccc4c(c3)OCCO4)CCC1C2. The predicted molar refractivity (Wildman–Crippen MR) is 84.6 cm³/mol. The third kappa shape index (κ3) is 1.98. The average Bonchev–Trinajstić information content (AvgIpc) is 3.07. The van der Waals surface area contributed by atoms with Crippen LogP contribution in [0.5, 0.6) is 11.5 Å². The Morgan fingerprint density at radius 2 is 1.96 bits per heavy atom. The molecule has 23 heavy (non-hydrogen) atoms. The topological polar surface area (TPSA) is 64.6 Å². The van der Waals surface area contributed by atoms with Crippen LogP contribution in [-0.4, -0.2) is 24.9 Å². The summed E-state index contributed by atoms with van der Waals surface area (Å²) in [4.78, 5) is 25.6. The Kier molecular flexibility index (Phi) is 2.99. The van der Waals surface area contributed by atoms with E-state index in [0.29, 0.717) is 49.2 Å². The molecule has 1 heterocycles. The summed E-state index contributed by atoms with van der Waals surface area (Å²) in [5.74, 6) is 1.56. The first kappa shape index (κ1) is 14.5. The molecule has 1 aromatic carbocycles. The largest absolute Gasteiger partial charge is 0.486 e. The summed E-state index contributed by atoms with van der Waals surface area (Å²) in [5, 5.41) is 2.93. The van der Waals surface area contributed by atoms with Gasteiger partial charge in [0.25, 0.3) is 0 Å². The lowest BCUT2D eigenvalue weighted by Gasteiger charge is -2.32. The predicted octanol–water partition coefficient (Wildman–Crippen LogP) is 2.79. The Morgan fingerprint density at radius 3 is 2.65 bits per heavy atom. The van der Waals surface area contributed by atoms with Crippen LogP contribution in [-0.2, 0) is 9.59 Å². The lowest BCUT2D eigenvalue weighted by atomic mass is 9.70. The molecule has 0 aromatic heterocycles. The molecule has 5 nitrogen and oxygen atoms in total. The first-order valence-corrected chi connectivity index (χ1v) is 8.19. The second-order valence-electron chi connectivity index (χ2n) is 7.39. The van der Waals surface area contributed by atoms with Crippen LogP contribution in [0, 0.1) is 16.7 Å². The van der Waals surface area contributed by atoms with Crippen LogP contribution < -0.4 is 14.8 Å². The van der Waals surface area contributed by atoms with Crippen LogP contribution in [0.2, 0.25) is 0 Å². The fourth-order valence-corrected chi connectivity index (χ4v) is 4.35. The van der Waals surface area contributed by atoms with Gasteiger partial charge in [0.05, 0.1) is 0 Å². The van der Waals surface area contributed by atoms with Crippen LogP contribution in [0.4, 0.5) is 5.69 Å². The summed E-state index contributed by atoms with van der Waals surface area (Å²) in [6.07, 6.45) is 2.29. The minimum atomic E-state index is -0.846. The number of Topliss-reactive ketones (excluding diaryl/α,β-unsaturated/α-hetero) is 1. The minimum Gasteiger partial charge on any atom is -0.486 e. The van der Waals surface area contributed by atoms with Gasteiger partial charge in [0, 0.05) is 17.2 Å². The number of anilines is 1. The molecule has 2 saturated carbocycles. The Balaban J connectivity index is 1.58. The molecule has 2 aliphatic carbocycles. The molecular formula is C18H21NO4. The van der Waals surface area contributed by atoms with Crippen LogP contribution in [0.3, 0.4) is 0 Å². The molecule has 1 N–H and O–H groups in total. The fraction of sp³-hybridized carbons (Fsp3) is 0.556. The van der Waals surface area contributed by atoms with Gasteiger partial charge in [0.2, 0.25) is 5.91 Å². The second kappa shape index (κ2) is 4.73. The van der Waals surface area contributed by atoms with Crippen molar-refractivity contribution >= 4 is 17.4 Å². The van der Waals surface area contributed by atoms with E-state index >= 15 is 0 Å². The van der Waals surface area contributed by atoms with Crippen molar-refractivity contribution < 1.29 is 19.1 Å². The van der Waals surface area contributed by atoms with E-state index < -0.39 is 5.41 Å². The van der Waals surface area contributed by atoms with Crippen LogP contribution in [0.25, 0.3) is 0 Å². The fourth-order valence-electron chi connectivity index (χ4n) is 4.35. The zero-order chi connectivity index (χ0) is 16.2. The molecule has 2 unspecified atom stereocenters. The molecule has 1 amide bonds. The standard InChI is InChI=1S/C18H21NO4/c1-17(2)11-5-6-18(10-11,15(17)20)16(21)19-12-3-4-13-14(9-12)23-8-7-22-13/h3-4,9,11H,5-8,10H2,1-2H3,(H,19,21). The van der Waals surface area contributed by atoms with Gasteiger partial charge in [-0.15, -0.1) is 0 Å². The Bertz CT molecular complexity index is 696. The number of rotatable bonds is 2. The number of carbonyl (C=O) groups is 2. The normalized spacial score (nSPS) is 30.3. The number of amides is 1. The summed E-state index contributed by atoms with van der Waals surface area (Å²) in [5.41, 5.74) is -0.585. The van der Waals surface area contributed by atoms with Crippen molar-refractivity contribution in [1.29, 1.82) is 0 Å². The second-order valence-corrected chi connectivity index (χ2v) is 7.39. The number of nitrogens with one attached hydrogen (secondary N) is 1. The van der Waals surface area contributed by atoms with E-state index in [1.807, 2.05) is 13.8 Å². The number of ether oxygens (including phenoxy) is 2. The van der Waals surface area contributed by atoms with Gasteiger partial charge in [-0.25, -0.2) is 0 Å². The highest BCUT2D eigenvalue weighted by Crippen LogP contribution is 2.60. The molecule has 122 valence electrons. The summed E-state index contributed by atoms with van der Waals surface area (Å²) >= 11 is 0. The van der Waals surface area contributed by atoms with Crippen molar-refractivity contribution in [3.8, 4) is 11.5 Å². The van der Waals surface area contributed by atoms with E-state index in [9.17, 15) is 9.59 Å². The number of ketones is 1. The quantitative estimate of drug-likeness (QED) is 0.852. The number of hydrogen-bond donors (Lipinski definition) is 1. The van der Waals surface area contributed by atoms with Crippen LogP contribution in [0.1, 0.15) is 33.1 Å². The van der Waals surface area contributed by atoms with Crippen LogP contribution in [0.15, 0.2) is 18.2 Å². The van der Waals surface area contributed by atoms with E-state index in [1.165, 1.54) is 0 Å². The summed E-state index contributed by atoms with van der Waals surface area (Å²) in [6, 6.07) is 5.35. The van der Waals surface area contributed by atoms with Crippen molar-refractivity contribution in [2.75, 3.05) is 18.5 Å². The zero-order valence-electron chi connectivity index (χ0n) is 13.5. The molecule has 0 radical (unpaired) electrons. The van der Waals surface area contributed by atoms with E-state index in [4.69, 9.17) is 9.47 Å². The maximum absolute atomic E-state index is 12.9. The third-order valence-corrected chi connectivity index (χ3v) is 5.79. The first-order valence-electron chi connectivity index (χ1n) is 8.19. The van der Waals surface area contributed by atoms with Gasteiger partial charge >= 0.3 is 0 Å². The molecule has 2 fully saturated rings. The highest BCUT2D eigenvalue weighted by atomic mass is 16.6. The summed E-state index contributed by atoms with van der Waals surface area (Å²) < 4.78 is 11.0. The van der Waals surface area contributed by atoms with Gasteiger partial charge in [-0.05, 0) is 37.3 Å². The number of benzene rings is 1. The van der Waals surface area contributed by atoms with Gasteiger partial charge in [0.1, 0.15) is 18.6 Å². The maximum atomic E-state index is 12.9. The molecule has 2 bridgehead atoms. The monoisotopic (exact) mass is 315 g/mol. The molecule has 1 aromatic rings. The van der Waals surface area contributed by atoms with Gasteiger partial charge in [0.15, 0.2) is 17.3 Å². The smallest absolute Gasteiger partial charge is 0.238 e. The Hall–Kier alpha value is -2.04. The van der Waals surface area contributed by atoms with Crippen molar-refractivity contribution in [3.63, 3.8) is 0 Å². The summed E-state index contributed by atoms with van der Waals surface area (Å²) in [7, 11) is 0. The molecule has 4 rings (SSSR count). The zero-order valence-corrected chi connectivity index (χ0v) is 13.5. The lowest BCUT2D eigenvalue weighted by Crippen LogP contribution is -2.44. The lowest BCUT2D eigenvalue weighted by molar-refractivity contribution is -0.142. The van der Waals surface area contributed by atoms with Crippen LogP contribution >= 0.6 is 0 Å². The first-order chi connectivity index (χ1) is 10.9. The Labute approximate surface area is 135 Å². The highest BCUT2D eigenvalue weighted by molar-refractivity contribution is 6.15. The van der Waals surface area contributed by atoms with Crippen molar-refractivity contribution in [2.24, 2.45) is 16.7 Å². The van der Waals surface area contributed by atoms with Gasteiger partial charge in [-0.1, -0.05) is 13.8 Å². The molecule has 1 aliphatic heterocycles. The van der Waals surface area contributed by atoms with Gasteiger partial charge in [-0.3, -0.25) is 9.59 Å².